The third-order valence-corrected chi connectivity index (χ3v) is 3.35. The number of carbonyl (C=O) groups is 1. The normalized spacial score (nSPS) is 11.0. The minimum atomic E-state index is -0.651. The molecule has 2 N–H and O–H groups in total. The van der Waals surface area contributed by atoms with E-state index in [-0.39, 0.29) is 23.6 Å². The minimum Gasteiger partial charge on any atom is -0.364 e. The molecule has 0 atom stereocenters. The highest BCUT2D eigenvalue weighted by Crippen LogP contribution is 2.24. The molecule has 1 heterocycles. The molecule has 0 aliphatic carbocycles. The van der Waals surface area contributed by atoms with E-state index in [0.717, 1.165) is 0 Å². The van der Waals surface area contributed by atoms with Crippen LogP contribution in [0.25, 0.3) is 10.9 Å². The van der Waals surface area contributed by atoms with Crippen LogP contribution in [0.15, 0.2) is 48.5 Å². The smallest absolute Gasteiger partial charge is 0.265 e. The second-order valence-electron chi connectivity index (χ2n) is 4.79. The van der Waals surface area contributed by atoms with Crippen LogP contribution >= 0.6 is 0 Å². The van der Waals surface area contributed by atoms with Crippen molar-refractivity contribution in [3.05, 3.63) is 71.4 Å². The zero-order valence-corrected chi connectivity index (χ0v) is 11.0. The molecule has 0 saturated heterocycles. The van der Waals surface area contributed by atoms with E-state index in [2.05, 4.69) is 0 Å². The zero-order chi connectivity index (χ0) is 15.0. The second kappa shape index (κ2) is 5.01. The van der Waals surface area contributed by atoms with Gasteiger partial charge in [0.2, 0.25) is 0 Å². The van der Waals surface area contributed by atoms with Crippen molar-refractivity contribution in [1.82, 2.24) is 4.57 Å². The van der Waals surface area contributed by atoms with Gasteiger partial charge in [-0.05, 0) is 29.8 Å². The standard InChI is InChI=1S/C16H12F2N2O/c17-12-5-1-3-10(7-12)9-20-14(16(19)21)8-11-4-2-6-13(18)15(11)20/h1-8H,9H2,(H2,19,21). The summed E-state index contributed by atoms with van der Waals surface area (Å²) in [4.78, 5) is 11.6. The van der Waals surface area contributed by atoms with Gasteiger partial charge in [-0.3, -0.25) is 4.79 Å². The van der Waals surface area contributed by atoms with Crippen LogP contribution < -0.4 is 5.73 Å². The molecule has 21 heavy (non-hydrogen) atoms. The number of amides is 1. The average Bonchev–Trinajstić information content (AvgIpc) is 2.79. The highest BCUT2D eigenvalue weighted by atomic mass is 19.1. The Morgan fingerprint density at radius 1 is 1.10 bits per heavy atom. The third kappa shape index (κ3) is 2.38. The number of hydrogen-bond acceptors (Lipinski definition) is 1. The van der Waals surface area contributed by atoms with Gasteiger partial charge in [0.15, 0.2) is 0 Å². The Hall–Kier alpha value is -2.69. The van der Waals surface area contributed by atoms with Crippen molar-refractivity contribution < 1.29 is 13.6 Å². The van der Waals surface area contributed by atoms with Gasteiger partial charge < -0.3 is 10.3 Å². The maximum Gasteiger partial charge on any atom is 0.265 e. The molecule has 106 valence electrons. The molecule has 0 fully saturated rings. The van der Waals surface area contributed by atoms with Crippen molar-refractivity contribution in [3.8, 4) is 0 Å². The van der Waals surface area contributed by atoms with Gasteiger partial charge in [-0.1, -0.05) is 24.3 Å². The molecular weight excluding hydrogens is 274 g/mol. The van der Waals surface area contributed by atoms with Crippen molar-refractivity contribution in [2.24, 2.45) is 5.73 Å². The van der Waals surface area contributed by atoms with E-state index in [0.29, 0.717) is 10.9 Å². The highest BCUT2D eigenvalue weighted by Gasteiger charge is 2.16. The molecule has 3 rings (SSSR count). The predicted molar refractivity (Wildman–Crippen MR) is 75.9 cm³/mol. The number of nitrogens with zero attached hydrogens (tertiary/aromatic N) is 1. The maximum atomic E-state index is 14.1. The van der Waals surface area contributed by atoms with E-state index in [1.54, 1.807) is 30.3 Å². The van der Waals surface area contributed by atoms with Crippen LogP contribution in [0, 0.1) is 11.6 Å². The molecule has 3 aromatic rings. The van der Waals surface area contributed by atoms with E-state index in [1.807, 2.05) is 0 Å². The Kier molecular flexibility index (Phi) is 3.17. The van der Waals surface area contributed by atoms with Crippen LogP contribution in [0.5, 0.6) is 0 Å². The lowest BCUT2D eigenvalue weighted by Crippen LogP contribution is -2.17. The first-order chi connectivity index (χ1) is 10.1. The quantitative estimate of drug-likeness (QED) is 0.790. The summed E-state index contributed by atoms with van der Waals surface area (Å²) in [6.07, 6.45) is 0. The Morgan fingerprint density at radius 2 is 1.86 bits per heavy atom. The van der Waals surface area contributed by atoms with Gasteiger partial charge in [-0.15, -0.1) is 0 Å². The number of rotatable bonds is 3. The Morgan fingerprint density at radius 3 is 2.57 bits per heavy atom. The molecule has 0 saturated carbocycles. The first kappa shape index (κ1) is 13.3. The van der Waals surface area contributed by atoms with E-state index in [9.17, 15) is 13.6 Å². The monoisotopic (exact) mass is 286 g/mol. The molecule has 0 unspecified atom stereocenters. The number of benzene rings is 2. The summed E-state index contributed by atoms with van der Waals surface area (Å²) in [5.74, 6) is -1.48. The van der Waals surface area contributed by atoms with Crippen molar-refractivity contribution >= 4 is 16.8 Å². The van der Waals surface area contributed by atoms with Crippen LogP contribution in [0.1, 0.15) is 16.1 Å². The van der Waals surface area contributed by atoms with Gasteiger partial charge >= 0.3 is 0 Å². The van der Waals surface area contributed by atoms with Gasteiger partial charge in [-0.25, -0.2) is 8.78 Å². The number of para-hydroxylation sites is 1. The first-order valence-electron chi connectivity index (χ1n) is 6.38. The number of halogens is 2. The summed E-state index contributed by atoms with van der Waals surface area (Å²) < 4.78 is 28.8. The van der Waals surface area contributed by atoms with Gasteiger partial charge in [0, 0.05) is 11.9 Å². The number of aromatic nitrogens is 1. The molecule has 2 aromatic carbocycles. The minimum absolute atomic E-state index is 0.167. The lowest BCUT2D eigenvalue weighted by atomic mass is 10.2. The van der Waals surface area contributed by atoms with Crippen molar-refractivity contribution in [3.63, 3.8) is 0 Å². The van der Waals surface area contributed by atoms with Gasteiger partial charge in [-0.2, -0.15) is 0 Å². The Labute approximate surface area is 119 Å². The van der Waals surface area contributed by atoms with Gasteiger partial charge in [0.25, 0.3) is 5.91 Å². The molecule has 0 bridgehead atoms. The molecule has 0 aliphatic heterocycles. The average molecular weight is 286 g/mol. The summed E-state index contributed by atoms with van der Waals surface area (Å²) in [5.41, 5.74) is 6.46. The number of carbonyl (C=O) groups excluding carboxylic acids is 1. The van der Waals surface area contributed by atoms with Crippen LogP contribution in [0.4, 0.5) is 8.78 Å². The zero-order valence-electron chi connectivity index (χ0n) is 11.0. The van der Waals surface area contributed by atoms with E-state index in [1.165, 1.54) is 22.8 Å². The van der Waals surface area contributed by atoms with Crippen molar-refractivity contribution in [2.45, 2.75) is 6.54 Å². The van der Waals surface area contributed by atoms with E-state index < -0.39 is 11.7 Å². The van der Waals surface area contributed by atoms with Gasteiger partial charge in [0.05, 0.1) is 5.52 Å². The summed E-state index contributed by atoms with van der Waals surface area (Å²) in [6.45, 7) is 0.167. The van der Waals surface area contributed by atoms with Crippen molar-refractivity contribution in [1.29, 1.82) is 0 Å². The summed E-state index contributed by atoms with van der Waals surface area (Å²) in [7, 11) is 0. The number of nitrogens with two attached hydrogens (primary N) is 1. The molecule has 1 aromatic heterocycles. The Bertz CT molecular complexity index is 839. The van der Waals surface area contributed by atoms with Gasteiger partial charge in [0.1, 0.15) is 17.3 Å². The topological polar surface area (TPSA) is 48.0 Å². The third-order valence-electron chi connectivity index (χ3n) is 3.35. The predicted octanol–water partition coefficient (Wildman–Crippen LogP) is 3.07. The lowest BCUT2D eigenvalue weighted by molar-refractivity contribution is 0.0992. The molecule has 0 radical (unpaired) electrons. The maximum absolute atomic E-state index is 14.1. The van der Waals surface area contributed by atoms with Crippen LogP contribution in [0.3, 0.4) is 0 Å². The van der Waals surface area contributed by atoms with E-state index >= 15 is 0 Å². The number of primary amides is 1. The number of hydrogen-bond donors (Lipinski definition) is 1. The molecule has 1 amide bonds. The van der Waals surface area contributed by atoms with Crippen LogP contribution in [0.2, 0.25) is 0 Å². The van der Waals surface area contributed by atoms with Crippen LogP contribution in [-0.2, 0) is 6.54 Å². The number of fused-ring (bicyclic) bond motifs is 1. The fourth-order valence-electron chi connectivity index (χ4n) is 2.47. The lowest BCUT2D eigenvalue weighted by Gasteiger charge is -2.09. The second-order valence-corrected chi connectivity index (χ2v) is 4.79. The molecule has 0 spiro atoms. The molecule has 0 aliphatic rings. The molecule has 5 heteroatoms. The van der Waals surface area contributed by atoms with E-state index in [4.69, 9.17) is 5.73 Å². The summed E-state index contributed by atoms with van der Waals surface area (Å²) >= 11 is 0. The highest BCUT2D eigenvalue weighted by molar-refractivity contribution is 5.98. The summed E-state index contributed by atoms with van der Waals surface area (Å²) in [5, 5.41) is 0.584. The molecule has 3 nitrogen and oxygen atoms in total. The summed E-state index contributed by atoms with van der Waals surface area (Å²) in [6, 6.07) is 12.1. The SMILES string of the molecule is NC(=O)c1cc2cccc(F)c2n1Cc1cccc(F)c1. The fraction of sp³-hybridized carbons (Fsp3) is 0.0625. The van der Waals surface area contributed by atoms with Crippen LogP contribution in [-0.4, -0.2) is 10.5 Å². The first-order valence-corrected chi connectivity index (χ1v) is 6.38. The Balaban J connectivity index is 2.20. The van der Waals surface area contributed by atoms with Crippen molar-refractivity contribution in [2.75, 3.05) is 0 Å². The molecular formula is C16H12F2N2O. The fourth-order valence-corrected chi connectivity index (χ4v) is 2.47. The largest absolute Gasteiger partial charge is 0.364 e.